The molecular weight excluding hydrogens is 293 g/mol. The van der Waals surface area contributed by atoms with Gasteiger partial charge in [0.2, 0.25) is 17.8 Å². The van der Waals surface area contributed by atoms with Crippen LogP contribution in [0.2, 0.25) is 0 Å². The van der Waals surface area contributed by atoms with E-state index >= 15 is 0 Å². The molecule has 5 N–H and O–H groups in total. The van der Waals surface area contributed by atoms with E-state index < -0.39 is 18.8 Å². The second kappa shape index (κ2) is 5.88. The number of nitrogen functional groups attached to an aromatic ring is 1. The van der Waals surface area contributed by atoms with E-state index in [1.807, 2.05) is 0 Å². The topological polar surface area (TPSA) is 127 Å². The molecule has 2 aromatic heterocycles. The van der Waals surface area contributed by atoms with Crippen LogP contribution in [0.15, 0.2) is 18.7 Å². The number of nitrogens with two attached hydrogens (primary N) is 1. The average Bonchev–Trinajstić information content (AvgIpc) is 2.97. The summed E-state index contributed by atoms with van der Waals surface area (Å²) >= 11 is 0. The van der Waals surface area contributed by atoms with Crippen molar-refractivity contribution in [2.45, 2.75) is 12.3 Å². The molecule has 0 aromatic carbocycles. The number of nitrogens with zero attached hydrogens (tertiary/aromatic N) is 5. The van der Waals surface area contributed by atoms with Crippen LogP contribution in [0.4, 0.5) is 25.1 Å². The summed E-state index contributed by atoms with van der Waals surface area (Å²) in [5.41, 5.74) is 2.17. The zero-order chi connectivity index (χ0) is 15.5. The van der Waals surface area contributed by atoms with E-state index in [-0.39, 0.29) is 17.8 Å². The Morgan fingerprint density at radius 2 is 2.00 bits per heavy atom. The lowest BCUT2D eigenvalue weighted by atomic mass is 10.3. The molecule has 0 aliphatic rings. The fraction of sp³-hybridized carbons (Fsp3) is 0.333. The third-order valence-electron chi connectivity index (χ3n) is 2.32. The second-order valence-corrected chi connectivity index (χ2v) is 3.84. The van der Waals surface area contributed by atoms with E-state index in [9.17, 15) is 13.2 Å². The quantitative estimate of drug-likeness (QED) is 0.437. The van der Waals surface area contributed by atoms with Crippen LogP contribution in [-0.2, 0) is 0 Å². The van der Waals surface area contributed by atoms with Crippen LogP contribution in [0, 0.1) is 0 Å². The van der Waals surface area contributed by atoms with Crippen LogP contribution in [-0.4, -0.2) is 48.4 Å². The number of aliphatic hydroxyl groups is 1. The van der Waals surface area contributed by atoms with Crippen molar-refractivity contribution in [2.24, 2.45) is 5.84 Å². The third kappa shape index (κ3) is 3.76. The molecule has 21 heavy (non-hydrogen) atoms. The summed E-state index contributed by atoms with van der Waals surface area (Å²) in [4.78, 5) is 15.3. The number of aromatic nitrogens is 5. The Hall–Kier alpha value is -2.47. The lowest BCUT2D eigenvalue weighted by molar-refractivity contribution is -0.198. The molecule has 0 spiro atoms. The van der Waals surface area contributed by atoms with Crippen LogP contribution in [0.5, 0.6) is 0 Å². The highest BCUT2D eigenvalue weighted by atomic mass is 19.4. The molecule has 0 saturated heterocycles. The molecule has 2 aromatic rings. The molecule has 2 rings (SSSR count). The highest BCUT2D eigenvalue weighted by molar-refractivity contribution is 5.37. The SMILES string of the molecule is NNc1nc(NCC(O)C(F)(F)F)nc(-n2ccnc2)n1. The monoisotopic (exact) mass is 304 g/mol. The van der Waals surface area contributed by atoms with Gasteiger partial charge in [-0.25, -0.2) is 10.8 Å². The van der Waals surface area contributed by atoms with Gasteiger partial charge < -0.3 is 10.4 Å². The van der Waals surface area contributed by atoms with Gasteiger partial charge in [0.15, 0.2) is 6.10 Å². The first kappa shape index (κ1) is 14.9. The molecule has 12 heteroatoms. The van der Waals surface area contributed by atoms with Gasteiger partial charge in [0.1, 0.15) is 6.33 Å². The molecule has 0 amide bonds. The summed E-state index contributed by atoms with van der Waals surface area (Å²) in [6, 6.07) is 0. The summed E-state index contributed by atoms with van der Waals surface area (Å²) in [5.74, 6) is 5.04. The van der Waals surface area contributed by atoms with Crippen molar-refractivity contribution in [1.29, 1.82) is 0 Å². The normalized spacial score (nSPS) is 13.0. The van der Waals surface area contributed by atoms with Crippen molar-refractivity contribution in [2.75, 3.05) is 17.3 Å². The standard InChI is InChI=1S/C9H11F3N8O/c10-9(11,12)5(21)3-15-6-16-7(19-13)18-8(17-6)20-2-1-14-4-20/h1-2,4-5,21H,3,13H2,(H2,15,16,17,18,19). The largest absolute Gasteiger partial charge is 0.416 e. The Kier molecular flexibility index (Phi) is 4.18. The Balaban J connectivity index is 2.18. The smallest absolute Gasteiger partial charge is 0.382 e. The molecule has 1 unspecified atom stereocenters. The minimum absolute atomic E-state index is 0.0577. The number of halogens is 3. The van der Waals surface area contributed by atoms with Gasteiger partial charge in [0, 0.05) is 12.4 Å². The number of rotatable bonds is 5. The van der Waals surface area contributed by atoms with Gasteiger partial charge in [-0.1, -0.05) is 0 Å². The van der Waals surface area contributed by atoms with Crippen LogP contribution in [0.1, 0.15) is 0 Å². The maximum Gasteiger partial charge on any atom is 0.416 e. The van der Waals surface area contributed by atoms with Crippen molar-refractivity contribution in [3.8, 4) is 5.95 Å². The number of imidazole rings is 1. The van der Waals surface area contributed by atoms with Crippen LogP contribution in [0.3, 0.4) is 0 Å². The average molecular weight is 304 g/mol. The van der Waals surface area contributed by atoms with Crippen LogP contribution >= 0.6 is 0 Å². The molecule has 0 aliphatic heterocycles. The van der Waals surface area contributed by atoms with Gasteiger partial charge >= 0.3 is 6.18 Å². The lowest BCUT2D eigenvalue weighted by Gasteiger charge is -2.15. The molecule has 2 heterocycles. The van der Waals surface area contributed by atoms with E-state index in [1.54, 1.807) is 0 Å². The Labute approximate surface area is 116 Å². The van der Waals surface area contributed by atoms with Gasteiger partial charge in [-0.15, -0.1) is 0 Å². The molecular formula is C9H11F3N8O. The Morgan fingerprint density at radius 1 is 1.29 bits per heavy atom. The minimum atomic E-state index is -4.73. The van der Waals surface area contributed by atoms with Crippen molar-refractivity contribution in [3.63, 3.8) is 0 Å². The molecule has 0 bridgehead atoms. The van der Waals surface area contributed by atoms with Crippen molar-refractivity contribution >= 4 is 11.9 Å². The Morgan fingerprint density at radius 3 is 2.57 bits per heavy atom. The predicted octanol–water partition coefficient (Wildman–Crippen LogP) is -0.322. The van der Waals surface area contributed by atoms with Gasteiger partial charge in [-0.2, -0.15) is 28.1 Å². The molecule has 9 nitrogen and oxygen atoms in total. The maximum atomic E-state index is 12.2. The summed E-state index contributed by atoms with van der Waals surface area (Å²) in [7, 11) is 0. The highest BCUT2D eigenvalue weighted by Crippen LogP contribution is 2.20. The summed E-state index contributed by atoms with van der Waals surface area (Å²) in [6.07, 6.45) is -2.88. The van der Waals surface area contributed by atoms with Gasteiger partial charge in [0.05, 0.1) is 6.54 Å². The maximum absolute atomic E-state index is 12.2. The number of hydrogen-bond donors (Lipinski definition) is 4. The lowest BCUT2D eigenvalue weighted by Crippen LogP contribution is -2.35. The minimum Gasteiger partial charge on any atom is -0.382 e. The summed E-state index contributed by atoms with van der Waals surface area (Å²) in [6.45, 7) is -0.805. The third-order valence-corrected chi connectivity index (χ3v) is 2.32. The van der Waals surface area contributed by atoms with E-state index in [1.165, 1.54) is 23.3 Å². The zero-order valence-electron chi connectivity index (χ0n) is 10.4. The number of anilines is 2. The van der Waals surface area contributed by atoms with Gasteiger partial charge in [0.25, 0.3) is 0 Å². The first-order valence-electron chi connectivity index (χ1n) is 5.60. The first-order chi connectivity index (χ1) is 9.90. The van der Waals surface area contributed by atoms with Crippen molar-refractivity contribution in [3.05, 3.63) is 18.7 Å². The number of hydrogen-bond acceptors (Lipinski definition) is 8. The first-order valence-corrected chi connectivity index (χ1v) is 5.60. The van der Waals surface area contributed by atoms with E-state index in [0.29, 0.717) is 0 Å². The van der Waals surface area contributed by atoms with Crippen molar-refractivity contribution < 1.29 is 18.3 Å². The van der Waals surface area contributed by atoms with Gasteiger partial charge in [-0.3, -0.25) is 9.99 Å². The number of hydrazine groups is 1. The molecule has 114 valence electrons. The van der Waals surface area contributed by atoms with E-state index in [2.05, 4.69) is 30.7 Å². The Bertz CT molecular complexity index is 587. The molecule has 0 radical (unpaired) electrons. The molecule has 0 fully saturated rings. The van der Waals surface area contributed by atoms with Crippen LogP contribution in [0.25, 0.3) is 5.95 Å². The van der Waals surface area contributed by atoms with Crippen molar-refractivity contribution in [1.82, 2.24) is 24.5 Å². The van der Waals surface area contributed by atoms with Crippen LogP contribution < -0.4 is 16.6 Å². The highest BCUT2D eigenvalue weighted by Gasteiger charge is 2.38. The van der Waals surface area contributed by atoms with E-state index in [4.69, 9.17) is 10.9 Å². The molecule has 0 saturated carbocycles. The molecule has 0 aliphatic carbocycles. The summed E-state index contributed by atoms with van der Waals surface area (Å²) < 4.78 is 38.0. The molecule has 1 atom stereocenters. The number of aliphatic hydroxyl groups excluding tert-OH is 1. The fourth-order valence-corrected chi connectivity index (χ4v) is 1.30. The predicted molar refractivity (Wildman–Crippen MR) is 65.3 cm³/mol. The zero-order valence-corrected chi connectivity index (χ0v) is 10.4. The number of nitrogens with one attached hydrogen (secondary N) is 2. The fourth-order valence-electron chi connectivity index (χ4n) is 1.30. The second-order valence-electron chi connectivity index (χ2n) is 3.84. The summed E-state index contributed by atoms with van der Waals surface area (Å²) in [5, 5.41) is 11.2. The number of alkyl halides is 3. The van der Waals surface area contributed by atoms with Gasteiger partial charge in [-0.05, 0) is 0 Å². The van der Waals surface area contributed by atoms with E-state index in [0.717, 1.165) is 0 Å².